The van der Waals surface area contributed by atoms with Crippen molar-refractivity contribution in [1.82, 2.24) is 0 Å². The Kier molecular flexibility index (Phi) is 5.00. The second-order valence-electron chi connectivity index (χ2n) is 7.79. The quantitative estimate of drug-likeness (QED) is 0.608. The summed E-state index contributed by atoms with van der Waals surface area (Å²) in [6.07, 6.45) is 0. The van der Waals surface area contributed by atoms with Crippen molar-refractivity contribution in [3.63, 3.8) is 0 Å². The SMILES string of the molecule is Cc1ccc(C2=C(Nc3ccc(C)cc3C)C(=O)N(c3ccccc3C)C2=O)cc1. The third kappa shape index (κ3) is 3.41. The summed E-state index contributed by atoms with van der Waals surface area (Å²) in [5.41, 5.74) is 6.96. The second-order valence-corrected chi connectivity index (χ2v) is 7.79. The van der Waals surface area contributed by atoms with E-state index in [9.17, 15) is 9.59 Å². The fourth-order valence-electron chi connectivity index (χ4n) is 3.76. The summed E-state index contributed by atoms with van der Waals surface area (Å²) >= 11 is 0. The maximum atomic E-state index is 13.5. The van der Waals surface area contributed by atoms with E-state index in [1.54, 1.807) is 6.07 Å². The van der Waals surface area contributed by atoms with Gasteiger partial charge in [-0.05, 0) is 56.5 Å². The molecule has 0 bridgehead atoms. The van der Waals surface area contributed by atoms with Crippen LogP contribution in [0.15, 0.2) is 72.4 Å². The van der Waals surface area contributed by atoms with Crippen LogP contribution in [0.1, 0.15) is 27.8 Å². The summed E-state index contributed by atoms with van der Waals surface area (Å²) in [7, 11) is 0. The fraction of sp³-hybridized carbons (Fsp3) is 0.154. The summed E-state index contributed by atoms with van der Waals surface area (Å²) < 4.78 is 0. The second kappa shape index (κ2) is 7.64. The Morgan fingerprint density at radius 3 is 2.03 bits per heavy atom. The molecule has 0 aliphatic carbocycles. The minimum atomic E-state index is -0.343. The summed E-state index contributed by atoms with van der Waals surface area (Å²) in [6, 6.07) is 21.1. The van der Waals surface area contributed by atoms with Gasteiger partial charge in [0.2, 0.25) is 0 Å². The average Bonchev–Trinajstić information content (AvgIpc) is 2.95. The Morgan fingerprint density at radius 1 is 0.700 bits per heavy atom. The number of hydrogen-bond acceptors (Lipinski definition) is 3. The molecule has 4 rings (SSSR count). The Labute approximate surface area is 176 Å². The van der Waals surface area contributed by atoms with Gasteiger partial charge in [-0.25, -0.2) is 4.90 Å². The number of amides is 2. The van der Waals surface area contributed by atoms with Crippen molar-refractivity contribution >= 4 is 28.8 Å². The molecule has 3 aromatic carbocycles. The number of para-hydroxylation sites is 1. The Bertz CT molecular complexity index is 1190. The summed E-state index contributed by atoms with van der Waals surface area (Å²) in [5.74, 6) is -0.657. The van der Waals surface area contributed by atoms with Crippen molar-refractivity contribution in [3.8, 4) is 0 Å². The van der Waals surface area contributed by atoms with E-state index in [4.69, 9.17) is 0 Å². The smallest absolute Gasteiger partial charge is 0.282 e. The van der Waals surface area contributed by atoms with E-state index in [2.05, 4.69) is 11.4 Å². The first-order valence-corrected chi connectivity index (χ1v) is 9.97. The minimum absolute atomic E-state index is 0.305. The summed E-state index contributed by atoms with van der Waals surface area (Å²) in [6.45, 7) is 7.91. The van der Waals surface area contributed by atoms with Crippen LogP contribution in [0.3, 0.4) is 0 Å². The van der Waals surface area contributed by atoms with Crippen LogP contribution in [0, 0.1) is 27.7 Å². The van der Waals surface area contributed by atoms with E-state index >= 15 is 0 Å². The monoisotopic (exact) mass is 396 g/mol. The molecule has 1 heterocycles. The van der Waals surface area contributed by atoms with Gasteiger partial charge in [-0.1, -0.05) is 65.7 Å². The zero-order valence-electron chi connectivity index (χ0n) is 17.6. The molecule has 0 unspecified atom stereocenters. The van der Waals surface area contributed by atoms with Crippen LogP contribution in [0.4, 0.5) is 11.4 Å². The van der Waals surface area contributed by atoms with Crippen molar-refractivity contribution in [2.24, 2.45) is 0 Å². The minimum Gasteiger partial charge on any atom is -0.350 e. The number of anilines is 2. The van der Waals surface area contributed by atoms with Gasteiger partial charge in [-0.2, -0.15) is 0 Å². The number of carbonyl (C=O) groups is 2. The Morgan fingerprint density at radius 2 is 1.37 bits per heavy atom. The molecule has 1 aliphatic rings. The Hall–Kier alpha value is -3.66. The topological polar surface area (TPSA) is 49.4 Å². The van der Waals surface area contributed by atoms with Crippen LogP contribution < -0.4 is 10.2 Å². The zero-order chi connectivity index (χ0) is 21.4. The van der Waals surface area contributed by atoms with E-state index in [1.807, 2.05) is 82.3 Å². The van der Waals surface area contributed by atoms with Crippen LogP contribution in [0.5, 0.6) is 0 Å². The Balaban J connectivity index is 1.86. The molecule has 150 valence electrons. The first-order valence-electron chi connectivity index (χ1n) is 9.97. The van der Waals surface area contributed by atoms with Gasteiger partial charge in [0, 0.05) is 5.69 Å². The van der Waals surface area contributed by atoms with Crippen LogP contribution >= 0.6 is 0 Å². The predicted octanol–water partition coefficient (Wildman–Crippen LogP) is 5.32. The van der Waals surface area contributed by atoms with Crippen LogP contribution in [-0.2, 0) is 9.59 Å². The maximum absolute atomic E-state index is 13.5. The molecular weight excluding hydrogens is 372 g/mol. The molecule has 0 saturated carbocycles. The number of hydrogen-bond donors (Lipinski definition) is 1. The van der Waals surface area contributed by atoms with Gasteiger partial charge in [-0.15, -0.1) is 0 Å². The number of benzene rings is 3. The molecule has 2 amide bonds. The summed E-state index contributed by atoms with van der Waals surface area (Å²) in [5, 5.41) is 3.27. The molecule has 4 nitrogen and oxygen atoms in total. The van der Waals surface area contributed by atoms with Crippen LogP contribution in [-0.4, -0.2) is 11.8 Å². The molecule has 0 aromatic heterocycles. The van der Waals surface area contributed by atoms with Gasteiger partial charge in [0.1, 0.15) is 5.70 Å². The highest BCUT2D eigenvalue weighted by Gasteiger charge is 2.40. The van der Waals surface area contributed by atoms with Crippen molar-refractivity contribution in [2.75, 3.05) is 10.2 Å². The number of carbonyl (C=O) groups excluding carboxylic acids is 2. The number of rotatable bonds is 4. The molecule has 0 radical (unpaired) electrons. The van der Waals surface area contributed by atoms with Crippen LogP contribution in [0.2, 0.25) is 0 Å². The lowest BCUT2D eigenvalue weighted by Gasteiger charge is -2.18. The lowest BCUT2D eigenvalue weighted by molar-refractivity contribution is -0.120. The van der Waals surface area contributed by atoms with Crippen LogP contribution in [0.25, 0.3) is 5.57 Å². The maximum Gasteiger partial charge on any atom is 0.282 e. The highest BCUT2D eigenvalue weighted by Crippen LogP contribution is 2.35. The van der Waals surface area contributed by atoms with Crippen molar-refractivity contribution < 1.29 is 9.59 Å². The van der Waals surface area contributed by atoms with Gasteiger partial charge in [0.05, 0.1) is 11.3 Å². The third-order valence-electron chi connectivity index (χ3n) is 5.42. The third-order valence-corrected chi connectivity index (χ3v) is 5.42. The van der Waals surface area contributed by atoms with Crippen molar-refractivity contribution in [1.29, 1.82) is 0 Å². The van der Waals surface area contributed by atoms with Crippen molar-refractivity contribution in [2.45, 2.75) is 27.7 Å². The van der Waals surface area contributed by atoms with Gasteiger partial charge in [0.25, 0.3) is 11.8 Å². The number of nitrogens with zero attached hydrogens (tertiary/aromatic N) is 1. The lowest BCUT2D eigenvalue weighted by Crippen LogP contribution is -2.33. The number of aryl methyl sites for hydroxylation is 4. The van der Waals surface area contributed by atoms with E-state index < -0.39 is 0 Å². The number of nitrogens with one attached hydrogen (secondary N) is 1. The molecular formula is C26H24N2O2. The zero-order valence-corrected chi connectivity index (χ0v) is 17.6. The molecule has 0 saturated heterocycles. The van der Waals surface area contributed by atoms with E-state index in [-0.39, 0.29) is 11.8 Å². The first-order chi connectivity index (χ1) is 14.4. The highest BCUT2D eigenvalue weighted by molar-refractivity contribution is 6.46. The van der Waals surface area contributed by atoms with Gasteiger partial charge >= 0.3 is 0 Å². The van der Waals surface area contributed by atoms with E-state index in [1.165, 1.54) is 4.90 Å². The summed E-state index contributed by atoms with van der Waals surface area (Å²) in [4.78, 5) is 28.3. The fourth-order valence-corrected chi connectivity index (χ4v) is 3.76. The highest BCUT2D eigenvalue weighted by atomic mass is 16.2. The molecule has 1 N–H and O–H groups in total. The van der Waals surface area contributed by atoms with E-state index in [0.29, 0.717) is 17.0 Å². The number of imide groups is 1. The molecule has 3 aromatic rings. The standard InChI is InChI=1S/C26H24N2O2/c1-16-9-12-20(13-10-16)23-24(27-21-14-11-17(2)15-19(21)4)26(30)28(25(23)29)22-8-6-5-7-18(22)3/h5-15,27H,1-4H3. The van der Waals surface area contributed by atoms with E-state index in [0.717, 1.165) is 33.5 Å². The van der Waals surface area contributed by atoms with Gasteiger partial charge < -0.3 is 5.32 Å². The van der Waals surface area contributed by atoms with Crippen molar-refractivity contribution in [3.05, 3.63) is 100 Å². The molecule has 0 atom stereocenters. The lowest BCUT2D eigenvalue weighted by atomic mass is 10.0. The van der Waals surface area contributed by atoms with Gasteiger partial charge in [0.15, 0.2) is 0 Å². The molecule has 0 spiro atoms. The first kappa shape index (κ1) is 19.6. The molecule has 0 fully saturated rings. The van der Waals surface area contributed by atoms with Gasteiger partial charge in [-0.3, -0.25) is 9.59 Å². The molecule has 1 aliphatic heterocycles. The molecule has 30 heavy (non-hydrogen) atoms. The normalized spacial score (nSPS) is 13.9. The largest absolute Gasteiger partial charge is 0.350 e. The predicted molar refractivity (Wildman–Crippen MR) is 121 cm³/mol. The molecule has 4 heteroatoms. The average molecular weight is 396 g/mol.